The molecule has 8 aromatic rings. The van der Waals surface area contributed by atoms with Crippen LogP contribution in [0.25, 0.3) is 66.4 Å². The van der Waals surface area contributed by atoms with Crippen molar-refractivity contribution in [2.24, 2.45) is 14.1 Å². The zero-order chi connectivity index (χ0) is 43.2. The molecule has 0 atom stereocenters. The summed E-state index contributed by atoms with van der Waals surface area (Å²) in [4.78, 5) is 34.7. The van der Waals surface area contributed by atoms with Gasteiger partial charge in [-0.2, -0.15) is 0 Å². The molecule has 0 saturated carbocycles. The Morgan fingerprint density at radius 2 is 1.27 bits per heavy atom. The van der Waals surface area contributed by atoms with E-state index >= 15 is 0 Å². The number of nitrogens with one attached hydrogen (secondary N) is 2. The fourth-order valence-corrected chi connectivity index (χ4v) is 7.86. The molecule has 1 saturated heterocycles. The molecule has 0 amide bonds. The molecule has 60 heavy (non-hydrogen) atoms. The number of ether oxygens (including phenoxy) is 1. The van der Waals surface area contributed by atoms with Crippen molar-refractivity contribution >= 4 is 45.6 Å². The van der Waals surface area contributed by atoms with E-state index in [4.69, 9.17) is 18.4 Å². The Kier molecular flexibility index (Phi) is 9.50. The van der Waals surface area contributed by atoms with E-state index in [0.29, 0.717) is 50.1 Å². The van der Waals surface area contributed by atoms with Gasteiger partial charge in [0.15, 0.2) is 0 Å². The Hall–Kier alpha value is -6.40. The summed E-state index contributed by atoms with van der Waals surface area (Å²) in [6, 6.07) is 13.4. The van der Waals surface area contributed by atoms with Gasteiger partial charge >= 0.3 is 24.9 Å². The number of aromatic nitrogens is 7. The predicted molar refractivity (Wildman–Crippen MR) is 220 cm³/mol. The topological polar surface area (TPSA) is 168 Å². The van der Waals surface area contributed by atoms with Crippen LogP contribution >= 0.6 is 0 Å². The van der Waals surface area contributed by atoms with Crippen molar-refractivity contribution < 1.29 is 36.3 Å². The second-order valence-corrected chi connectivity index (χ2v) is 15.9. The predicted octanol–water partition coefficient (Wildman–Crippen LogP) is 7.69. The Morgan fingerprint density at radius 3 is 1.80 bits per heavy atom. The molecule has 6 heterocycles. The zero-order valence-corrected chi connectivity index (χ0v) is 34.5. The maximum atomic E-state index is 13.3. The summed E-state index contributed by atoms with van der Waals surface area (Å²) in [5, 5.41) is 8.48. The van der Waals surface area contributed by atoms with Gasteiger partial charge in [0.05, 0.1) is 50.2 Å². The maximum absolute atomic E-state index is 13.3. The zero-order valence-electron chi connectivity index (χ0n) is 34.5. The van der Waals surface area contributed by atoms with Crippen LogP contribution in [0.3, 0.4) is 0 Å². The number of alkyl halides is 3. The molecule has 0 unspecified atom stereocenters. The second-order valence-electron chi connectivity index (χ2n) is 15.9. The van der Waals surface area contributed by atoms with Crippen LogP contribution in [0.15, 0.2) is 73.4 Å². The number of halogens is 3. The third-order valence-corrected chi connectivity index (χ3v) is 11.4. The van der Waals surface area contributed by atoms with E-state index in [1.54, 1.807) is 63.0 Å². The van der Waals surface area contributed by atoms with Crippen LogP contribution in [0.5, 0.6) is 5.75 Å². The van der Waals surface area contributed by atoms with Crippen molar-refractivity contribution in [3.8, 4) is 39.1 Å². The van der Waals surface area contributed by atoms with Crippen LogP contribution in [0.2, 0.25) is 0 Å². The Balaban J connectivity index is 0.000000170. The molecular weight excluding hydrogens is 782 g/mol. The number of H-pyrrole nitrogens is 2. The minimum atomic E-state index is -4.91. The Labute approximate surface area is 340 Å². The number of aryl methyl sites for hydroxylation is 6. The van der Waals surface area contributed by atoms with Crippen LogP contribution in [0.1, 0.15) is 50.6 Å². The van der Waals surface area contributed by atoms with Gasteiger partial charge < -0.3 is 33.1 Å². The average Bonchev–Trinajstić information content (AvgIpc) is 3.92. The molecule has 1 aliphatic heterocycles. The molecule has 0 aliphatic carbocycles. The van der Waals surface area contributed by atoms with Gasteiger partial charge in [0.25, 0.3) is 0 Å². The highest BCUT2D eigenvalue weighted by atomic mass is 19.4. The molecule has 0 radical (unpaired) electrons. The summed E-state index contributed by atoms with van der Waals surface area (Å²) < 4.78 is 70.5. The largest absolute Gasteiger partial charge is 0.573 e. The van der Waals surface area contributed by atoms with Gasteiger partial charge in [-0.15, -0.1) is 13.2 Å². The number of hydrogen-bond donors (Lipinski definition) is 2. The smallest absolute Gasteiger partial charge is 0.405 e. The Morgan fingerprint density at radius 1 is 0.733 bits per heavy atom. The molecule has 1 fully saturated rings. The van der Waals surface area contributed by atoms with Crippen molar-refractivity contribution in [2.45, 2.75) is 73.0 Å². The van der Waals surface area contributed by atoms with Crippen LogP contribution in [-0.2, 0) is 23.4 Å². The van der Waals surface area contributed by atoms with E-state index in [1.165, 1.54) is 16.7 Å². The highest BCUT2D eigenvalue weighted by Gasteiger charge is 2.52. The summed E-state index contributed by atoms with van der Waals surface area (Å²) >= 11 is 0. The van der Waals surface area contributed by atoms with E-state index in [0.717, 1.165) is 39.1 Å². The summed E-state index contributed by atoms with van der Waals surface area (Å²) in [5.41, 5.74) is 7.25. The number of imidazole rings is 2. The van der Waals surface area contributed by atoms with Gasteiger partial charge in [-0.05, 0) is 103 Å². The first-order valence-corrected chi connectivity index (χ1v) is 19.0. The van der Waals surface area contributed by atoms with E-state index < -0.39 is 36.1 Å². The molecule has 3 aromatic carbocycles. The molecule has 9 rings (SSSR count). The number of pyridine rings is 1. The van der Waals surface area contributed by atoms with Gasteiger partial charge in [-0.1, -0.05) is 22.4 Å². The van der Waals surface area contributed by atoms with Gasteiger partial charge in [0.1, 0.15) is 17.3 Å². The fraction of sp³-hybridized carbons (Fsp3) is 0.310. The van der Waals surface area contributed by atoms with Crippen molar-refractivity contribution in [3.05, 3.63) is 98.6 Å². The number of benzene rings is 3. The normalized spacial score (nSPS) is 15.0. The lowest BCUT2D eigenvalue weighted by Crippen LogP contribution is -2.41. The standard InChI is InChI=1S/C23H17F3N4O3.C19H24BN3O4/c1-11-19(12(2)33-29-11)13-9-15(21-17(10-13)28-22(31)30(21)3)20-14-5-4-8-27-16(14)6-7-18(20)32-23(24,25)26;1-10-15(11(2)25-22-10)12-8-13(16-14(9-12)21-17(24)23(16)7)20-26-18(3,4)19(5,6)27-20/h4-10H,1-3H3,(H,28,31);8-9H,1-7H3,(H,21,24). The molecule has 0 bridgehead atoms. The SMILES string of the molecule is Cc1noc(C)c1-c1cc(-c2c(OC(F)(F)F)ccc3ncccc23)c2c(c1)[nH]c(=O)n2C.Cc1noc(C)c1-c1cc(B2OC(C)(C)C(C)(C)O2)c2c(c1)[nH]c(=O)n2C. The lowest BCUT2D eigenvalue weighted by Gasteiger charge is -2.32. The maximum Gasteiger partial charge on any atom is 0.573 e. The highest BCUT2D eigenvalue weighted by Crippen LogP contribution is 2.44. The van der Waals surface area contributed by atoms with E-state index in [1.807, 2.05) is 53.7 Å². The number of nitrogens with zero attached hydrogens (tertiary/aromatic N) is 5. The number of aromatic amines is 2. The number of fused-ring (bicyclic) bond motifs is 3. The molecule has 0 spiro atoms. The monoisotopic (exact) mass is 823 g/mol. The van der Waals surface area contributed by atoms with E-state index in [9.17, 15) is 22.8 Å². The molecule has 310 valence electrons. The first-order valence-electron chi connectivity index (χ1n) is 19.0. The third-order valence-electron chi connectivity index (χ3n) is 11.4. The van der Waals surface area contributed by atoms with E-state index in [2.05, 4.69) is 30.0 Å². The van der Waals surface area contributed by atoms with E-state index in [-0.39, 0.29) is 11.3 Å². The first kappa shape index (κ1) is 40.4. The lowest BCUT2D eigenvalue weighted by molar-refractivity contribution is -0.274. The minimum Gasteiger partial charge on any atom is -0.405 e. The van der Waals surface area contributed by atoms with Crippen LogP contribution < -0.4 is 21.6 Å². The van der Waals surface area contributed by atoms with Crippen LogP contribution in [0.4, 0.5) is 13.2 Å². The van der Waals surface area contributed by atoms with Crippen LogP contribution in [-0.4, -0.2) is 59.1 Å². The van der Waals surface area contributed by atoms with Gasteiger partial charge in [-0.25, -0.2) is 9.59 Å². The summed E-state index contributed by atoms with van der Waals surface area (Å²) in [5.74, 6) is 0.876. The molecule has 14 nitrogen and oxygen atoms in total. The first-order chi connectivity index (χ1) is 28.2. The summed E-state index contributed by atoms with van der Waals surface area (Å²) in [7, 11) is 2.71. The fourth-order valence-electron chi connectivity index (χ4n) is 7.86. The van der Waals surface area contributed by atoms with Crippen molar-refractivity contribution in [2.75, 3.05) is 0 Å². The molecule has 2 N–H and O–H groups in total. The highest BCUT2D eigenvalue weighted by molar-refractivity contribution is 6.65. The summed E-state index contributed by atoms with van der Waals surface area (Å²) in [6.07, 6.45) is -3.36. The lowest BCUT2D eigenvalue weighted by atomic mass is 9.76. The number of rotatable bonds is 5. The number of hydrogen-bond acceptors (Lipinski definition) is 10. The second kappa shape index (κ2) is 14.1. The average molecular weight is 824 g/mol. The summed E-state index contributed by atoms with van der Waals surface area (Å²) in [6.45, 7) is 15.3. The van der Waals surface area contributed by atoms with Crippen molar-refractivity contribution in [1.82, 2.24) is 34.4 Å². The van der Waals surface area contributed by atoms with Gasteiger partial charge in [-0.3, -0.25) is 14.1 Å². The molecule has 5 aromatic heterocycles. The molecule has 1 aliphatic rings. The third kappa shape index (κ3) is 6.78. The van der Waals surface area contributed by atoms with Crippen molar-refractivity contribution in [3.63, 3.8) is 0 Å². The minimum absolute atomic E-state index is 0.172. The Bertz CT molecular complexity index is 3060. The van der Waals surface area contributed by atoms with Gasteiger partial charge in [0.2, 0.25) is 0 Å². The van der Waals surface area contributed by atoms with Crippen molar-refractivity contribution in [1.29, 1.82) is 0 Å². The molecular formula is C42H41BF3N7O7. The van der Waals surface area contributed by atoms with Crippen LogP contribution in [0, 0.1) is 27.7 Å². The quantitative estimate of drug-likeness (QED) is 0.164. The molecule has 18 heteroatoms. The van der Waals surface area contributed by atoms with Gasteiger partial charge in [0, 0.05) is 53.4 Å².